The van der Waals surface area contributed by atoms with E-state index in [2.05, 4.69) is 4.98 Å². The second-order valence-electron chi connectivity index (χ2n) is 4.43. The van der Waals surface area contributed by atoms with Crippen LogP contribution in [0.5, 0.6) is 11.5 Å². The molecule has 0 radical (unpaired) electrons. The number of hydrogen-bond acceptors (Lipinski definition) is 3. The van der Waals surface area contributed by atoms with E-state index in [1.165, 1.54) is 12.1 Å². The molecule has 0 saturated carbocycles. The lowest BCUT2D eigenvalue weighted by atomic mass is 10.1. The first kappa shape index (κ1) is 15.9. The molecular weight excluding hydrogens is 333 g/mol. The van der Waals surface area contributed by atoms with Crippen LogP contribution in [0, 0.1) is 19.3 Å². The Hall–Kier alpha value is -1.49. The predicted molar refractivity (Wildman–Crippen MR) is 86.3 cm³/mol. The third kappa shape index (κ3) is 3.40. The lowest BCUT2D eigenvalue weighted by molar-refractivity contribution is 0.480. The minimum absolute atomic E-state index is 0.133. The molecule has 0 unspecified atom stereocenters. The summed E-state index contributed by atoms with van der Waals surface area (Å²) >= 11 is 17.9. The van der Waals surface area contributed by atoms with Crippen LogP contribution in [0.15, 0.2) is 18.2 Å². The Morgan fingerprint density at radius 1 is 1.05 bits per heavy atom. The van der Waals surface area contributed by atoms with Gasteiger partial charge in [0, 0.05) is 17.8 Å². The van der Waals surface area contributed by atoms with Crippen LogP contribution in [0.4, 0.5) is 0 Å². The Labute approximate surface area is 137 Å². The van der Waals surface area contributed by atoms with Gasteiger partial charge in [0.15, 0.2) is 0 Å². The number of nitrogens with zero attached hydrogens (tertiary/aromatic N) is 1. The molecule has 0 amide bonds. The van der Waals surface area contributed by atoms with Gasteiger partial charge in [-0.2, -0.15) is 0 Å². The highest BCUT2D eigenvalue weighted by atomic mass is 35.5. The van der Waals surface area contributed by atoms with E-state index in [1.807, 2.05) is 6.92 Å². The maximum Gasteiger partial charge on any atom is 0.147 e. The number of nitrogen functional groups attached to an aromatic ring is 1. The number of halogens is 3. The number of amidine groups is 1. The first-order valence-electron chi connectivity index (χ1n) is 5.94. The van der Waals surface area contributed by atoms with Crippen molar-refractivity contribution in [1.29, 1.82) is 5.41 Å². The quantitative estimate of drug-likeness (QED) is 0.480. The summed E-state index contributed by atoms with van der Waals surface area (Å²) in [5.74, 6) is 0.595. The third-order valence-electron chi connectivity index (χ3n) is 2.76. The van der Waals surface area contributed by atoms with Crippen molar-refractivity contribution in [1.82, 2.24) is 4.98 Å². The SMILES string of the molecule is Cc1cc(Oc2cc(Cl)c(Cl)cc2Cl)c(C(=N)N)c(C)n1. The van der Waals surface area contributed by atoms with Crippen LogP contribution >= 0.6 is 34.8 Å². The molecule has 110 valence electrons. The molecule has 21 heavy (non-hydrogen) atoms. The molecule has 2 rings (SSSR count). The second kappa shape index (κ2) is 6.10. The van der Waals surface area contributed by atoms with Crippen LogP contribution in [0.1, 0.15) is 17.0 Å². The van der Waals surface area contributed by atoms with Crippen molar-refractivity contribution in [3.8, 4) is 11.5 Å². The predicted octanol–water partition coefficient (Wildman–Crippen LogP) is 4.74. The fraction of sp³-hybridized carbons (Fsp3) is 0.143. The van der Waals surface area contributed by atoms with Crippen molar-refractivity contribution < 1.29 is 4.74 Å². The number of aryl methyl sites for hydroxylation is 2. The zero-order valence-corrected chi connectivity index (χ0v) is 13.6. The molecule has 0 aliphatic rings. The van der Waals surface area contributed by atoms with E-state index in [4.69, 9.17) is 50.7 Å². The minimum atomic E-state index is -0.133. The van der Waals surface area contributed by atoms with E-state index >= 15 is 0 Å². The highest BCUT2D eigenvalue weighted by Crippen LogP contribution is 2.37. The summed E-state index contributed by atoms with van der Waals surface area (Å²) < 4.78 is 5.76. The number of aromatic nitrogens is 1. The van der Waals surface area contributed by atoms with E-state index in [1.54, 1.807) is 13.0 Å². The first-order chi connectivity index (χ1) is 9.79. The second-order valence-corrected chi connectivity index (χ2v) is 5.66. The third-order valence-corrected chi connectivity index (χ3v) is 3.77. The summed E-state index contributed by atoms with van der Waals surface area (Å²) in [6.07, 6.45) is 0. The van der Waals surface area contributed by atoms with Crippen LogP contribution in [-0.2, 0) is 0 Å². The summed E-state index contributed by atoms with van der Waals surface area (Å²) in [5.41, 5.74) is 7.36. The zero-order valence-electron chi connectivity index (χ0n) is 11.3. The molecule has 0 aliphatic heterocycles. The lowest BCUT2D eigenvalue weighted by Gasteiger charge is -2.14. The Kier molecular flexibility index (Phi) is 4.61. The van der Waals surface area contributed by atoms with Crippen LogP contribution in [0.3, 0.4) is 0 Å². The van der Waals surface area contributed by atoms with E-state index in [0.29, 0.717) is 37.8 Å². The molecule has 0 bridgehead atoms. The van der Waals surface area contributed by atoms with Gasteiger partial charge in [0.25, 0.3) is 0 Å². The maximum absolute atomic E-state index is 7.66. The summed E-state index contributed by atoms with van der Waals surface area (Å²) in [6, 6.07) is 4.69. The van der Waals surface area contributed by atoms with Gasteiger partial charge in [-0.15, -0.1) is 0 Å². The number of pyridine rings is 1. The summed E-state index contributed by atoms with van der Waals surface area (Å²) in [5, 5.41) is 8.63. The number of nitrogens with one attached hydrogen (secondary N) is 1. The lowest BCUT2D eigenvalue weighted by Crippen LogP contribution is -2.15. The number of rotatable bonds is 3. The average molecular weight is 345 g/mol. The molecule has 1 aromatic carbocycles. The normalized spacial score (nSPS) is 10.5. The number of ether oxygens (including phenoxy) is 1. The van der Waals surface area contributed by atoms with Crippen molar-refractivity contribution in [2.75, 3.05) is 0 Å². The Morgan fingerprint density at radius 3 is 2.29 bits per heavy atom. The Bertz CT molecular complexity index is 732. The fourth-order valence-corrected chi connectivity index (χ4v) is 2.48. The Balaban J connectivity index is 2.54. The van der Waals surface area contributed by atoms with Crippen molar-refractivity contribution in [2.24, 2.45) is 5.73 Å². The van der Waals surface area contributed by atoms with E-state index in [9.17, 15) is 0 Å². The highest BCUT2D eigenvalue weighted by Gasteiger charge is 2.15. The van der Waals surface area contributed by atoms with Crippen LogP contribution in [-0.4, -0.2) is 10.8 Å². The summed E-state index contributed by atoms with van der Waals surface area (Å²) in [4.78, 5) is 4.27. The highest BCUT2D eigenvalue weighted by molar-refractivity contribution is 6.43. The average Bonchev–Trinajstić information content (AvgIpc) is 2.34. The van der Waals surface area contributed by atoms with Gasteiger partial charge in [0.1, 0.15) is 17.3 Å². The van der Waals surface area contributed by atoms with E-state index in [-0.39, 0.29) is 5.84 Å². The topological polar surface area (TPSA) is 72.0 Å². The van der Waals surface area contributed by atoms with Crippen molar-refractivity contribution >= 4 is 40.6 Å². The van der Waals surface area contributed by atoms with Gasteiger partial charge in [0.05, 0.1) is 26.3 Å². The van der Waals surface area contributed by atoms with E-state index in [0.717, 1.165) is 5.69 Å². The number of nitrogens with two attached hydrogens (primary N) is 1. The number of hydrogen-bond donors (Lipinski definition) is 2. The molecule has 1 aromatic heterocycles. The van der Waals surface area contributed by atoms with Gasteiger partial charge in [-0.05, 0) is 19.9 Å². The van der Waals surface area contributed by atoms with Crippen LogP contribution in [0.2, 0.25) is 15.1 Å². The Morgan fingerprint density at radius 2 is 1.67 bits per heavy atom. The molecule has 2 aromatic rings. The smallest absolute Gasteiger partial charge is 0.147 e. The molecule has 0 spiro atoms. The van der Waals surface area contributed by atoms with Gasteiger partial charge in [0.2, 0.25) is 0 Å². The van der Waals surface area contributed by atoms with Gasteiger partial charge < -0.3 is 10.5 Å². The minimum Gasteiger partial charge on any atom is -0.455 e. The largest absolute Gasteiger partial charge is 0.455 e. The number of benzene rings is 1. The van der Waals surface area contributed by atoms with Gasteiger partial charge in [-0.25, -0.2) is 0 Å². The van der Waals surface area contributed by atoms with E-state index < -0.39 is 0 Å². The fourth-order valence-electron chi connectivity index (χ4n) is 1.90. The summed E-state index contributed by atoms with van der Waals surface area (Å²) in [6.45, 7) is 3.58. The molecule has 1 heterocycles. The molecule has 3 N–H and O–H groups in total. The molecule has 0 saturated heterocycles. The standard InChI is InChI=1S/C14H12Cl3N3O/c1-6-3-12(13(14(18)19)7(2)20-6)21-11-5-9(16)8(15)4-10(11)17/h3-5H,1-2H3,(H3,18,19). The van der Waals surface area contributed by atoms with Crippen molar-refractivity contribution in [3.63, 3.8) is 0 Å². The van der Waals surface area contributed by atoms with Gasteiger partial charge in [-0.3, -0.25) is 10.4 Å². The summed E-state index contributed by atoms with van der Waals surface area (Å²) in [7, 11) is 0. The zero-order chi connectivity index (χ0) is 15.7. The monoisotopic (exact) mass is 343 g/mol. The molecular formula is C14H12Cl3N3O. The molecule has 0 aliphatic carbocycles. The molecule has 0 atom stereocenters. The van der Waals surface area contributed by atoms with Crippen molar-refractivity contribution in [3.05, 3.63) is 50.2 Å². The van der Waals surface area contributed by atoms with Crippen LogP contribution in [0.25, 0.3) is 0 Å². The van der Waals surface area contributed by atoms with Crippen LogP contribution < -0.4 is 10.5 Å². The molecule has 0 fully saturated rings. The first-order valence-corrected chi connectivity index (χ1v) is 7.08. The maximum atomic E-state index is 7.66. The van der Waals surface area contributed by atoms with Gasteiger partial charge in [-0.1, -0.05) is 34.8 Å². The molecule has 4 nitrogen and oxygen atoms in total. The van der Waals surface area contributed by atoms with Gasteiger partial charge >= 0.3 is 0 Å². The molecule has 7 heteroatoms. The van der Waals surface area contributed by atoms with Crippen molar-refractivity contribution in [2.45, 2.75) is 13.8 Å².